The largest absolute Gasteiger partial charge is 0.496 e. The molecule has 0 spiro atoms. The zero-order valence-corrected chi connectivity index (χ0v) is 16.5. The lowest BCUT2D eigenvalue weighted by molar-refractivity contribution is 0.0929. The van der Waals surface area contributed by atoms with Crippen molar-refractivity contribution < 1.29 is 14.3 Å². The summed E-state index contributed by atoms with van der Waals surface area (Å²) in [5.74, 6) is 1.49. The number of benzene rings is 2. The Hall–Kier alpha value is -3.35. The second kappa shape index (κ2) is 8.34. The Balaban J connectivity index is 1.51. The average Bonchev–Trinajstić information content (AvgIpc) is 3.19. The number of nitrogens with one attached hydrogen (secondary N) is 2. The molecule has 3 aromatic rings. The molecule has 1 heterocycles. The van der Waals surface area contributed by atoms with Crippen LogP contribution in [0.2, 0.25) is 0 Å². The predicted octanol–water partition coefficient (Wildman–Crippen LogP) is 3.41. The van der Waals surface area contributed by atoms with Gasteiger partial charge in [-0.25, -0.2) is 4.98 Å². The number of ether oxygens (including phenoxy) is 2. The second-order valence-corrected chi connectivity index (χ2v) is 7.04. The lowest BCUT2D eigenvalue weighted by Gasteiger charge is -2.23. The van der Waals surface area contributed by atoms with E-state index in [9.17, 15) is 4.79 Å². The maximum Gasteiger partial charge on any atom is 0.259 e. The van der Waals surface area contributed by atoms with Gasteiger partial charge in [-0.2, -0.15) is 0 Å². The first-order valence-corrected chi connectivity index (χ1v) is 9.70. The third-order valence-corrected chi connectivity index (χ3v) is 5.27. The molecule has 0 bridgehead atoms. The van der Waals surface area contributed by atoms with Crippen molar-refractivity contribution in [3.05, 3.63) is 54.2 Å². The van der Waals surface area contributed by atoms with Gasteiger partial charge in [0.2, 0.25) is 0 Å². The predicted molar refractivity (Wildman–Crippen MR) is 112 cm³/mol. The number of nitrogens with zero attached hydrogens (tertiary/aromatic N) is 2. The number of rotatable bonds is 6. The van der Waals surface area contributed by atoms with Crippen molar-refractivity contribution in [2.45, 2.75) is 31.3 Å². The van der Waals surface area contributed by atoms with Gasteiger partial charge in [0.1, 0.15) is 22.9 Å². The van der Waals surface area contributed by atoms with Gasteiger partial charge in [-0.3, -0.25) is 9.78 Å². The van der Waals surface area contributed by atoms with Crippen LogP contribution in [0.25, 0.3) is 11.0 Å². The van der Waals surface area contributed by atoms with Crippen molar-refractivity contribution in [3.63, 3.8) is 0 Å². The highest BCUT2D eigenvalue weighted by atomic mass is 16.5. The van der Waals surface area contributed by atoms with Crippen LogP contribution in [0.15, 0.2) is 48.7 Å². The van der Waals surface area contributed by atoms with Crippen molar-refractivity contribution in [1.82, 2.24) is 15.3 Å². The minimum absolute atomic E-state index is 0.0228. The number of aromatic nitrogens is 2. The smallest absolute Gasteiger partial charge is 0.259 e. The van der Waals surface area contributed by atoms with E-state index in [1.54, 1.807) is 38.6 Å². The molecule has 0 saturated heterocycles. The van der Waals surface area contributed by atoms with Crippen LogP contribution in [-0.2, 0) is 0 Å². The van der Waals surface area contributed by atoms with E-state index in [1.165, 1.54) is 0 Å². The molecule has 2 aromatic carbocycles. The van der Waals surface area contributed by atoms with Gasteiger partial charge < -0.3 is 20.1 Å². The minimum Gasteiger partial charge on any atom is -0.496 e. The van der Waals surface area contributed by atoms with Crippen molar-refractivity contribution in [2.24, 2.45) is 0 Å². The van der Waals surface area contributed by atoms with Gasteiger partial charge in [-0.15, -0.1) is 0 Å². The van der Waals surface area contributed by atoms with E-state index < -0.39 is 0 Å². The fourth-order valence-corrected chi connectivity index (χ4v) is 3.84. The van der Waals surface area contributed by atoms with E-state index in [0.717, 1.165) is 30.3 Å². The molecule has 1 aliphatic rings. The van der Waals surface area contributed by atoms with Crippen LogP contribution in [0.5, 0.6) is 11.5 Å². The van der Waals surface area contributed by atoms with E-state index in [2.05, 4.69) is 20.6 Å². The molecule has 2 atom stereocenters. The van der Waals surface area contributed by atoms with Crippen molar-refractivity contribution in [2.75, 3.05) is 19.5 Å². The van der Waals surface area contributed by atoms with E-state index in [0.29, 0.717) is 22.9 Å². The van der Waals surface area contributed by atoms with Crippen LogP contribution in [-0.4, -0.2) is 42.2 Å². The molecule has 29 heavy (non-hydrogen) atoms. The molecule has 150 valence electrons. The molecule has 2 N–H and O–H groups in total. The molecule has 7 nitrogen and oxygen atoms in total. The molecule has 1 aromatic heterocycles. The van der Waals surface area contributed by atoms with Crippen LogP contribution in [0.4, 0.5) is 5.82 Å². The molecular weight excluding hydrogens is 368 g/mol. The monoisotopic (exact) mass is 392 g/mol. The molecule has 2 unspecified atom stereocenters. The molecule has 1 amide bonds. The summed E-state index contributed by atoms with van der Waals surface area (Å²) >= 11 is 0. The quantitative estimate of drug-likeness (QED) is 0.669. The zero-order valence-electron chi connectivity index (χ0n) is 16.5. The SMILES string of the molecule is COc1cccc(OC)c1C(=O)NC1CCCC1Nc1cnc2ccccc2n1. The van der Waals surface area contributed by atoms with Crippen LogP contribution in [0.3, 0.4) is 0 Å². The number of hydrogen-bond donors (Lipinski definition) is 2. The zero-order chi connectivity index (χ0) is 20.2. The lowest BCUT2D eigenvalue weighted by atomic mass is 10.1. The fourth-order valence-electron chi connectivity index (χ4n) is 3.84. The van der Waals surface area contributed by atoms with Crippen molar-refractivity contribution in [3.8, 4) is 11.5 Å². The summed E-state index contributed by atoms with van der Waals surface area (Å²) in [5.41, 5.74) is 2.11. The van der Waals surface area contributed by atoms with E-state index >= 15 is 0 Å². The Morgan fingerprint density at radius 2 is 1.66 bits per heavy atom. The van der Waals surface area contributed by atoms with Crippen LogP contribution < -0.4 is 20.1 Å². The first kappa shape index (κ1) is 19.0. The number of para-hydroxylation sites is 2. The Bertz CT molecular complexity index is 1000. The normalized spacial score (nSPS) is 18.4. The number of methoxy groups -OCH3 is 2. The average molecular weight is 392 g/mol. The number of carbonyl (C=O) groups is 1. The summed E-state index contributed by atoms with van der Waals surface area (Å²) in [6.45, 7) is 0. The number of carbonyl (C=O) groups excluding carboxylic acids is 1. The lowest BCUT2D eigenvalue weighted by Crippen LogP contribution is -2.43. The molecule has 0 radical (unpaired) electrons. The van der Waals surface area contributed by atoms with Gasteiger partial charge in [-0.1, -0.05) is 18.2 Å². The molecule has 7 heteroatoms. The number of fused-ring (bicyclic) bond motifs is 1. The van der Waals surface area contributed by atoms with Gasteiger partial charge >= 0.3 is 0 Å². The van der Waals surface area contributed by atoms with Crippen LogP contribution in [0.1, 0.15) is 29.6 Å². The highest BCUT2D eigenvalue weighted by Crippen LogP contribution is 2.29. The Kier molecular flexibility index (Phi) is 5.46. The number of amides is 1. The van der Waals surface area contributed by atoms with E-state index in [-0.39, 0.29) is 18.0 Å². The number of anilines is 1. The van der Waals surface area contributed by atoms with Crippen LogP contribution in [0, 0.1) is 0 Å². The minimum atomic E-state index is -0.206. The highest BCUT2D eigenvalue weighted by Gasteiger charge is 2.30. The van der Waals surface area contributed by atoms with E-state index in [4.69, 9.17) is 9.47 Å². The molecule has 1 aliphatic carbocycles. The highest BCUT2D eigenvalue weighted by molar-refractivity contribution is 6.00. The first-order valence-electron chi connectivity index (χ1n) is 9.70. The summed E-state index contributed by atoms with van der Waals surface area (Å²) in [6.07, 6.45) is 4.60. The van der Waals surface area contributed by atoms with Gasteiger partial charge in [0.25, 0.3) is 5.91 Å². The maximum atomic E-state index is 13.0. The molecule has 1 saturated carbocycles. The standard InChI is InChI=1S/C22H24N4O3/c1-28-18-11-6-12-19(29-2)21(18)22(27)26-17-10-5-9-16(17)25-20-13-23-14-7-3-4-8-15(14)24-20/h3-4,6-8,11-13,16-17H,5,9-10H2,1-2H3,(H,24,25)(H,26,27). The molecule has 1 fully saturated rings. The summed E-state index contributed by atoms with van der Waals surface area (Å²) in [7, 11) is 3.09. The summed E-state index contributed by atoms with van der Waals surface area (Å²) in [6, 6.07) is 13.1. The fraction of sp³-hybridized carbons (Fsp3) is 0.318. The van der Waals surface area contributed by atoms with E-state index in [1.807, 2.05) is 24.3 Å². The third-order valence-electron chi connectivity index (χ3n) is 5.27. The maximum absolute atomic E-state index is 13.0. The van der Waals surface area contributed by atoms with Crippen molar-refractivity contribution in [1.29, 1.82) is 0 Å². The first-order chi connectivity index (χ1) is 14.2. The summed E-state index contributed by atoms with van der Waals surface area (Å²) in [4.78, 5) is 22.1. The topological polar surface area (TPSA) is 85.4 Å². The van der Waals surface area contributed by atoms with Crippen LogP contribution >= 0.6 is 0 Å². The van der Waals surface area contributed by atoms with Gasteiger partial charge in [0.15, 0.2) is 0 Å². The molecular formula is C22H24N4O3. The van der Waals surface area contributed by atoms with Gasteiger partial charge in [-0.05, 0) is 43.5 Å². The van der Waals surface area contributed by atoms with Gasteiger partial charge in [0.05, 0.1) is 31.4 Å². The van der Waals surface area contributed by atoms with Crippen molar-refractivity contribution >= 4 is 22.8 Å². The summed E-state index contributed by atoms with van der Waals surface area (Å²) in [5, 5.41) is 6.59. The third kappa shape index (κ3) is 3.94. The molecule has 0 aliphatic heterocycles. The summed E-state index contributed by atoms with van der Waals surface area (Å²) < 4.78 is 10.7. The Morgan fingerprint density at radius 3 is 2.38 bits per heavy atom. The Labute approximate surface area is 169 Å². The molecule has 4 rings (SSSR count). The number of hydrogen-bond acceptors (Lipinski definition) is 6. The van der Waals surface area contributed by atoms with Gasteiger partial charge in [0, 0.05) is 12.1 Å². The second-order valence-electron chi connectivity index (χ2n) is 7.04. The Morgan fingerprint density at radius 1 is 0.966 bits per heavy atom.